The fourth-order valence-electron chi connectivity index (χ4n) is 2.44. The largest absolute Gasteiger partial charge is 0.496 e. The van der Waals surface area contributed by atoms with E-state index in [4.69, 9.17) is 9.47 Å². The Bertz CT molecular complexity index is 702. The van der Waals surface area contributed by atoms with Crippen LogP contribution in [0.2, 0.25) is 0 Å². The van der Waals surface area contributed by atoms with Crippen molar-refractivity contribution in [3.05, 3.63) is 23.3 Å². The smallest absolute Gasteiger partial charge is 0.248 e. The molecule has 0 aliphatic carbocycles. The second-order valence-electron chi connectivity index (χ2n) is 5.65. The van der Waals surface area contributed by atoms with Gasteiger partial charge in [0.2, 0.25) is 15.9 Å². The number of benzene rings is 1. The highest BCUT2D eigenvalue weighted by Gasteiger charge is 2.26. The molecule has 1 aliphatic heterocycles. The van der Waals surface area contributed by atoms with Crippen LogP contribution < -0.4 is 9.46 Å². The number of hydrogen-bond acceptors (Lipinski definition) is 5. The summed E-state index contributed by atoms with van der Waals surface area (Å²) in [5, 5.41) is 0. The third-order valence-electron chi connectivity index (χ3n) is 3.83. The minimum Gasteiger partial charge on any atom is -0.496 e. The van der Waals surface area contributed by atoms with Crippen molar-refractivity contribution in [2.45, 2.75) is 24.8 Å². The Morgan fingerprint density at radius 1 is 1.35 bits per heavy atom. The van der Waals surface area contributed by atoms with Gasteiger partial charge >= 0.3 is 0 Å². The standard InChI is InChI=1S/C15H22N2O5S/c1-10-6-14(11(2)5-13(10)21-4)23(19,20)16-7-12-8-17(3)15(18)9-22-12/h5-6,12,16H,7-9H2,1-4H3. The van der Waals surface area contributed by atoms with E-state index in [9.17, 15) is 13.2 Å². The summed E-state index contributed by atoms with van der Waals surface area (Å²) in [5.41, 5.74) is 1.36. The third kappa shape index (κ3) is 4.01. The van der Waals surface area contributed by atoms with Crippen LogP contribution in [0.3, 0.4) is 0 Å². The normalized spacial score (nSPS) is 19.0. The molecule has 1 fully saturated rings. The number of morpholine rings is 1. The molecule has 7 nitrogen and oxygen atoms in total. The molecular formula is C15H22N2O5S. The van der Waals surface area contributed by atoms with E-state index in [1.54, 1.807) is 40.1 Å². The molecule has 0 bridgehead atoms. The lowest BCUT2D eigenvalue weighted by molar-refractivity contribution is -0.146. The maximum atomic E-state index is 12.5. The van der Waals surface area contributed by atoms with Gasteiger partial charge in [0.05, 0.1) is 18.1 Å². The Hall–Kier alpha value is -1.64. The number of hydrogen-bond donors (Lipinski definition) is 1. The van der Waals surface area contributed by atoms with Gasteiger partial charge in [-0.2, -0.15) is 0 Å². The molecule has 0 spiro atoms. The van der Waals surface area contributed by atoms with E-state index in [1.807, 2.05) is 0 Å². The quantitative estimate of drug-likeness (QED) is 0.840. The van der Waals surface area contributed by atoms with Crippen molar-refractivity contribution >= 4 is 15.9 Å². The Kier molecular flexibility index (Phi) is 5.28. The zero-order valence-electron chi connectivity index (χ0n) is 13.8. The summed E-state index contributed by atoms with van der Waals surface area (Å²) in [6, 6.07) is 3.29. The Labute approximate surface area is 136 Å². The SMILES string of the molecule is COc1cc(C)c(S(=O)(=O)NCC2CN(C)C(=O)CO2)cc1C. The van der Waals surface area contributed by atoms with Gasteiger partial charge in [-0.15, -0.1) is 0 Å². The lowest BCUT2D eigenvalue weighted by Gasteiger charge is -2.29. The first-order valence-corrected chi connectivity index (χ1v) is 8.73. The predicted molar refractivity (Wildman–Crippen MR) is 85.0 cm³/mol. The van der Waals surface area contributed by atoms with Crippen LogP contribution in [0.25, 0.3) is 0 Å². The molecule has 1 aromatic carbocycles. The summed E-state index contributed by atoms with van der Waals surface area (Å²) in [4.78, 5) is 13.1. The Morgan fingerprint density at radius 2 is 2.04 bits per heavy atom. The van der Waals surface area contributed by atoms with E-state index in [0.29, 0.717) is 17.9 Å². The minimum absolute atomic E-state index is 0.0242. The number of aryl methyl sites for hydroxylation is 2. The number of nitrogens with one attached hydrogen (secondary N) is 1. The highest BCUT2D eigenvalue weighted by Crippen LogP contribution is 2.25. The van der Waals surface area contributed by atoms with Gasteiger partial charge in [0.1, 0.15) is 12.4 Å². The summed E-state index contributed by atoms with van der Waals surface area (Å²) in [7, 11) is -0.440. The summed E-state index contributed by atoms with van der Waals surface area (Å²) >= 11 is 0. The molecule has 0 aromatic heterocycles. The molecule has 8 heteroatoms. The Morgan fingerprint density at radius 3 is 2.65 bits per heavy atom. The number of carbonyl (C=O) groups excluding carboxylic acids is 1. The van der Waals surface area contributed by atoms with Crippen molar-refractivity contribution in [3.63, 3.8) is 0 Å². The van der Waals surface area contributed by atoms with E-state index in [-0.39, 0.29) is 30.1 Å². The molecule has 0 saturated carbocycles. The van der Waals surface area contributed by atoms with Crippen molar-refractivity contribution in [2.75, 3.05) is 33.9 Å². The number of amides is 1. The van der Waals surface area contributed by atoms with Gasteiger partial charge in [-0.1, -0.05) is 0 Å². The van der Waals surface area contributed by atoms with Crippen molar-refractivity contribution in [3.8, 4) is 5.75 Å². The summed E-state index contributed by atoms with van der Waals surface area (Å²) < 4.78 is 38.1. The van der Waals surface area contributed by atoms with Crippen molar-refractivity contribution in [1.82, 2.24) is 9.62 Å². The molecule has 1 unspecified atom stereocenters. The maximum absolute atomic E-state index is 12.5. The van der Waals surface area contributed by atoms with Gasteiger partial charge in [0.15, 0.2) is 0 Å². The second-order valence-corrected chi connectivity index (χ2v) is 7.38. The van der Waals surface area contributed by atoms with Gasteiger partial charge in [0, 0.05) is 20.1 Å². The lowest BCUT2D eigenvalue weighted by Crippen LogP contribution is -2.48. The van der Waals surface area contributed by atoms with Gasteiger partial charge in [0.25, 0.3) is 0 Å². The average molecular weight is 342 g/mol. The van der Waals surface area contributed by atoms with Gasteiger partial charge < -0.3 is 14.4 Å². The van der Waals surface area contributed by atoms with E-state index >= 15 is 0 Å². The number of sulfonamides is 1. The van der Waals surface area contributed by atoms with Crippen LogP contribution >= 0.6 is 0 Å². The van der Waals surface area contributed by atoms with Crippen LogP contribution in [-0.2, 0) is 19.6 Å². The molecule has 1 aromatic rings. The first-order chi connectivity index (χ1) is 10.7. The van der Waals surface area contributed by atoms with E-state index in [2.05, 4.69) is 4.72 Å². The predicted octanol–water partition coefficient (Wildman–Crippen LogP) is 0.448. The summed E-state index contributed by atoms with van der Waals surface area (Å²) in [6.45, 7) is 3.97. The van der Waals surface area contributed by atoms with Crippen LogP contribution in [0.5, 0.6) is 5.75 Å². The maximum Gasteiger partial charge on any atom is 0.248 e. The van der Waals surface area contributed by atoms with Crippen molar-refractivity contribution in [1.29, 1.82) is 0 Å². The van der Waals surface area contributed by atoms with Crippen molar-refractivity contribution in [2.24, 2.45) is 0 Å². The second kappa shape index (κ2) is 6.86. The molecule has 1 aliphatic rings. The Balaban J connectivity index is 2.10. The molecular weight excluding hydrogens is 320 g/mol. The molecule has 23 heavy (non-hydrogen) atoms. The highest BCUT2D eigenvalue weighted by atomic mass is 32.2. The number of likely N-dealkylation sites (N-methyl/N-ethyl adjacent to an activating group) is 1. The van der Waals surface area contributed by atoms with E-state index in [0.717, 1.165) is 5.56 Å². The molecule has 2 rings (SSSR count). The highest BCUT2D eigenvalue weighted by molar-refractivity contribution is 7.89. The van der Waals surface area contributed by atoms with Crippen LogP contribution in [-0.4, -0.2) is 59.2 Å². The van der Waals surface area contributed by atoms with Crippen LogP contribution in [0, 0.1) is 13.8 Å². The molecule has 1 amide bonds. The summed E-state index contributed by atoms with van der Waals surface area (Å²) in [5.74, 6) is 0.544. The van der Waals surface area contributed by atoms with Gasteiger partial charge in [-0.05, 0) is 37.1 Å². The van der Waals surface area contributed by atoms with E-state index in [1.165, 1.54) is 4.90 Å². The van der Waals surface area contributed by atoms with Crippen LogP contribution in [0.4, 0.5) is 0 Å². The topological polar surface area (TPSA) is 84.9 Å². The molecule has 128 valence electrons. The monoisotopic (exact) mass is 342 g/mol. The van der Waals surface area contributed by atoms with Crippen molar-refractivity contribution < 1.29 is 22.7 Å². The van der Waals surface area contributed by atoms with Crippen LogP contribution in [0.15, 0.2) is 17.0 Å². The number of methoxy groups -OCH3 is 1. The van der Waals surface area contributed by atoms with Gasteiger partial charge in [-0.3, -0.25) is 4.79 Å². The fourth-order valence-corrected chi connectivity index (χ4v) is 3.81. The van der Waals surface area contributed by atoms with E-state index < -0.39 is 10.0 Å². The number of ether oxygens (including phenoxy) is 2. The van der Waals surface area contributed by atoms with Crippen LogP contribution in [0.1, 0.15) is 11.1 Å². The lowest BCUT2D eigenvalue weighted by atomic mass is 10.1. The minimum atomic E-state index is -3.66. The first kappa shape index (κ1) is 17.7. The molecule has 1 atom stereocenters. The number of nitrogens with zero attached hydrogens (tertiary/aromatic N) is 1. The molecule has 1 heterocycles. The first-order valence-electron chi connectivity index (χ1n) is 7.25. The number of rotatable bonds is 5. The third-order valence-corrected chi connectivity index (χ3v) is 5.39. The zero-order valence-corrected chi connectivity index (χ0v) is 14.6. The summed E-state index contributed by atoms with van der Waals surface area (Å²) in [6.07, 6.45) is -0.355. The average Bonchev–Trinajstić information content (AvgIpc) is 2.50. The molecule has 1 saturated heterocycles. The molecule has 0 radical (unpaired) electrons. The number of carbonyl (C=O) groups is 1. The fraction of sp³-hybridized carbons (Fsp3) is 0.533. The van der Waals surface area contributed by atoms with Gasteiger partial charge in [-0.25, -0.2) is 13.1 Å². The zero-order chi connectivity index (χ0) is 17.2. The molecule has 1 N–H and O–H groups in total.